The first-order valence-electron chi connectivity index (χ1n) is 9.17. The Kier molecular flexibility index (Phi) is 6.65. The fraction of sp³-hybridized carbons (Fsp3) is 0.350. The number of benzene rings is 1. The zero-order valence-electron chi connectivity index (χ0n) is 15.8. The molecular formula is C20H24N4O3S. The van der Waals surface area contributed by atoms with E-state index in [0.717, 1.165) is 22.7 Å². The Bertz CT molecular complexity index is 865. The van der Waals surface area contributed by atoms with Gasteiger partial charge in [-0.25, -0.2) is 9.78 Å². The number of nitrogens with two attached hydrogens (primary N) is 1. The lowest BCUT2D eigenvalue weighted by Gasteiger charge is -2.19. The number of ether oxygens (including phenoxy) is 1. The molecule has 8 heteroatoms. The number of thiazole rings is 1. The zero-order valence-corrected chi connectivity index (χ0v) is 16.7. The van der Waals surface area contributed by atoms with Crippen molar-refractivity contribution in [2.75, 3.05) is 26.2 Å². The Labute approximate surface area is 168 Å². The van der Waals surface area contributed by atoms with Gasteiger partial charge < -0.3 is 20.3 Å². The summed E-state index contributed by atoms with van der Waals surface area (Å²) in [7, 11) is 0. The van der Waals surface area contributed by atoms with Gasteiger partial charge in [0.25, 0.3) is 0 Å². The molecule has 2 heterocycles. The summed E-state index contributed by atoms with van der Waals surface area (Å²) >= 11 is 1.59. The van der Waals surface area contributed by atoms with Crippen molar-refractivity contribution in [3.8, 4) is 5.75 Å². The number of carbonyl (C=O) groups is 2. The number of para-hydroxylation sites is 1. The molecule has 1 saturated heterocycles. The molecular weight excluding hydrogens is 376 g/mol. The standard InChI is InChI=1S/C20H24N4O3S/c1-15-22-17(14-28-15)13-27-18-6-3-2-5-16(18)7-8-19(25)23-9-4-10-24(12-11-23)20(21)26/h2-3,5-8,14H,4,9-13H2,1H3,(H2,21,26)/b8-7+. The van der Waals surface area contributed by atoms with Crippen LogP contribution in [0.1, 0.15) is 22.7 Å². The third-order valence-corrected chi connectivity index (χ3v) is 5.31. The lowest BCUT2D eigenvalue weighted by molar-refractivity contribution is -0.125. The van der Waals surface area contributed by atoms with Crippen molar-refractivity contribution in [1.82, 2.24) is 14.8 Å². The minimum absolute atomic E-state index is 0.0868. The Morgan fingerprint density at radius 1 is 1.21 bits per heavy atom. The quantitative estimate of drug-likeness (QED) is 0.782. The van der Waals surface area contributed by atoms with Gasteiger partial charge in [-0.2, -0.15) is 0 Å². The molecule has 0 spiro atoms. The molecule has 1 aliphatic rings. The normalized spacial score (nSPS) is 14.9. The molecule has 3 amide bonds. The highest BCUT2D eigenvalue weighted by Gasteiger charge is 2.19. The molecule has 0 unspecified atom stereocenters. The van der Waals surface area contributed by atoms with Gasteiger partial charge in [0.15, 0.2) is 0 Å². The van der Waals surface area contributed by atoms with Gasteiger partial charge in [-0.3, -0.25) is 4.79 Å². The van der Waals surface area contributed by atoms with Gasteiger partial charge in [0.05, 0.1) is 10.7 Å². The minimum Gasteiger partial charge on any atom is -0.487 e. The molecule has 0 bridgehead atoms. The summed E-state index contributed by atoms with van der Waals surface area (Å²) in [5, 5.41) is 2.98. The van der Waals surface area contributed by atoms with Crippen LogP contribution in [0.5, 0.6) is 5.75 Å². The Balaban J connectivity index is 1.61. The van der Waals surface area contributed by atoms with Crippen LogP contribution in [0.15, 0.2) is 35.7 Å². The number of hydrogen-bond donors (Lipinski definition) is 1. The van der Waals surface area contributed by atoms with E-state index < -0.39 is 6.03 Å². The van der Waals surface area contributed by atoms with E-state index in [2.05, 4.69) is 4.98 Å². The first kappa shape index (κ1) is 19.9. The number of aryl methyl sites for hydroxylation is 1. The van der Waals surface area contributed by atoms with Crippen LogP contribution in [0.4, 0.5) is 4.79 Å². The van der Waals surface area contributed by atoms with E-state index >= 15 is 0 Å². The highest BCUT2D eigenvalue weighted by molar-refractivity contribution is 7.09. The molecule has 0 saturated carbocycles. The van der Waals surface area contributed by atoms with Gasteiger partial charge in [0, 0.05) is 43.2 Å². The molecule has 1 fully saturated rings. The topological polar surface area (TPSA) is 88.8 Å². The van der Waals surface area contributed by atoms with Gasteiger partial charge in [-0.1, -0.05) is 18.2 Å². The monoisotopic (exact) mass is 400 g/mol. The molecule has 2 N–H and O–H groups in total. The molecule has 148 valence electrons. The van der Waals surface area contributed by atoms with Crippen molar-refractivity contribution in [3.05, 3.63) is 52.0 Å². The van der Waals surface area contributed by atoms with E-state index in [1.807, 2.05) is 36.6 Å². The number of hydrogen-bond acceptors (Lipinski definition) is 5. The van der Waals surface area contributed by atoms with Crippen LogP contribution in [0.25, 0.3) is 6.08 Å². The van der Waals surface area contributed by atoms with Gasteiger partial charge in [0.2, 0.25) is 5.91 Å². The lowest BCUT2D eigenvalue weighted by Crippen LogP contribution is -2.39. The predicted molar refractivity (Wildman–Crippen MR) is 109 cm³/mol. The summed E-state index contributed by atoms with van der Waals surface area (Å²) in [5.74, 6) is 0.615. The van der Waals surface area contributed by atoms with Crippen molar-refractivity contribution in [3.63, 3.8) is 0 Å². The van der Waals surface area contributed by atoms with Crippen LogP contribution in [0.3, 0.4) is 0 Å². The van der Waals surface area contributed by atoms with Crippen LogP contribution in [-0.4, -0.2) is 52.9 Å². The number of rotatable bonds is 5. The fourth-order valence-electron chi connectivity index (χ4n) is 3.00. The minimum atomic E-state index is -0.439. The highest BCUT2D eigenvalue weighted by atomic mass is 32.1. The van der Waals surface area contributed by atoms with E-state index in [1.165, 1.54) is 0 Å². The smallest absolute Gasteiger partial charge is 0.314 e. The number of carbonyl (C=O) groups excluding carboxylic acids is 2. The van der Waals surface area contributed by atoms with E-state index in [9.17, 15) is 9.59 Å². The van der Waals surface area contributed by atoms with Gasteiger partial charge in [-0.05, 0) is 25.5 Å². The van der Waals surface area contributed by atoms with Crippen LogP contribution < -0.4 is 10.5 Å². The largest absolute Gasteiger partial charge is 0.487 e. The van der Waals surface area contributed by atoms with Crippen LogP contribution >= 0.6 is 11.3 Å². The summed E-state index contributed by atoms with van der Waals surface area (Å²) in [6, 6.07) is 7.14. The van der Waals surface area contributed by atoms with E-state index in [4.69, 9.17) is 10.5 Å². The predicted octanol–water partition coefficient (Wildman–Crippen LogP) is 2.66. The Hall–Kier alpha value is -2.87. The second-order valence-electron chi connectivity index (χ2n) is 6.52. The van der Waals surface area contributed by atoms with Crippen molar-refractivity contribution in [1.29, 1.82) is 0 Å². The van der Waals surface area contributed by atoms with Crippen molar-refractivity contribution < 1.29 is 14.3 Å². The van der Waals surface area contributed by atoms with E-state index in [-0.39, 0.29) is 5.91 Å². The van der Waals surface area contributed by atoms with Gasteiger partial charge in [-0.15, -0.1) is 11.3 Å². The molecule has 1 aliphatic heterocycles. The van der Waals surface area contributed by atoms with E-state index in [1.54, 1.807) is 33.3 Å². The maximum absolute atomic E-state index is 12.5. The molecule has 28 heavy (non-hydrogen) atoms. The fourth-order valence-corrected chi connectivity index (χ4v) is 3.60. The molecule has 3 rings (SSSR count). The van der Waals surface area contributed by atoms with Crippen molar-refractivity contribution in [2.45, 2.75) is 20.0 Å². The first-order valence-corrected chi connectivity index (χ1v) is 10.0. The third-order valence-electron chi connectivity index (χ3n) is 4.49. The molecule has 0 atom stereocenters. The molecule has 1 aromatic carbocycles. The molecule has 1 aromatic heterocycles. The van der Waals surface area contributed by atoms with Crippen molar-refractivity contribution >= 4 is 29.4 Å². The average Bonchev–Trinajstić information content (AvgIpc) is 2.94. The SMILES string of the molecule is Cc1nc(COc2ccccc2/C=C/C(=O)N2CCCN(C(N)=O)CC2)cs1. The maximum Gasteiger partial charge on any atom is 0.314 e. The van der Waals surface area contributed by atoms with Crippen LogP contribution in [0.2, 0.25) is 0 Å². The lowest BCUT2D eigenvalue weighted by atomic mass is 10.2. The van der Waals surface area contributed by atoms with Crippen LogP contribution in [0, 0.1) is 6.92 Å². The van der Waals surface area contributed by atoms with Crippen LogP contribution in [-0.2, 0) is 11.4 Å². The second-order valence-corrected chi connectivity index (χ2v) is 7.58. The molecule has 7 nitrogen and oxygen atoms in total. The average molecular weight is 401 g/mol. The third kappa shape index (κ3) is 5.32. The number of aromatic nitrogens is 1. The van der Waals surface area contributed by atoms with Gasteiger partial charge in [0.1, 0.15) is 12.4 Å². The molecule has 0 aliphatic carbocycles. The molecule has 2 aromatic rings. The Morgan fingerprint density at radius 3 is 2.71 bits per heavy atom. The molecule has 0 radical (unpaired) electrons. The maximum atomic E-state index is 12.5. The van der Waals surface area contributed by atoms with E-state index in [0.29, 0.717) is 38.5 Å². The Morgan fingerprint density at radius 2 is 1.96 bits per heavy atom. The first-order chi connectivity index (χ1) is 13.5. The highest BCUT2D eigenvalue weighted by Crippen LogP contribution is 2.21. The zero-order chi connectivity index (χ0) is 19.9. The number of nitrogens with zero attached hydrogens (tertiary/aromatic N) is 3. The summed E-state index contributed by atoms with van der Waals surface area (Å²) in [6.45, 7) is 4.47. The summed E-state index contributed by atoms with van der Waals surface area (Å²) < 4.78 is 5.88. The van der Waals surface area contributed by atoms with Gasteiger partial charge >= 0.3 is 6.03 Å². The summed E-state index contributed by atoms with van der Waals surface area (Å²) in [6.07, 6.45) is 4.03. The number of urea groups is 1. The summed E-state index contributed by atoms with van der Waals surface area (Å²) in [4.78, 5) is 31.6. The number of amides is 3. The summed E-state index contributed by atoms with van der Waals surface area (Å²) in [5.41, 5.74) is 7.05. The second kappa shape index (κ2) is 9.36. The number of primary amides is 1. The van der Waals surface area contributed by atoms with Crippen molar-refractivity contribution in [2.24, 2.45) is 5.73 Å².